The summed E-state index contributed by atoms with van der Waals surface area (Å²) in [5.41, 5.74) is 0.752. The minimum absolute atomic E-state index is 0.0695. The van der Waals surface area contributed by atoms with E-state index in [0.29, 0.717) is 17.8 Å². The second-order valence-corrected chi connectivity index (χ2v) is 7.29. The average Bonchev–Trinajstić information content (AvgIpc) is 3.16. The number of hydrogen-bond acceptors (Lipinski definition) is 6. The summed E-state index contributed by atoms with van der Waals surface area (Å²) in [5, 5.41) is 9.91. The zero-order valence-corrected chi connectivity index (χ0v) is 16.5. The quantitative estimate of drug-likeness (QED) is 0.353. The Balaban J connectivity index is 1.44. The molecule has 2 heterocycles. The maximum atomic E-state index is 12.5. The number of hydrogen-bond donors (Lipinski definition) is 0. The van der Waals surface area contributed by atoms with E-state index in [4.69, 9.17) is 9.47 Å². The fraction of sp³-hybridized carbons (Fsp3) is 0.250. The van der Waals surface area contributed by atoms with Crippen molar-refractivity contribution in [1.82, 2.24) is 19.2 Å². The molecule has 0 radical (unpaired) electrons. The number of benzene rings is 2. The summed E-state index contributed by atoms with van der Waals surface area (Å²) in [7, 11) is 3.36. The molecule has 28 heavy (non-hydrogen) atoms. The molecule has 0 bridgehead atoms. The minimum Gasteiger partial charge on any atom is -0.497 e. The Morgan fingerprint density at radius 3 is 2.57 bits per heavy atom. The predicted octanol–water partition coefficient (Wildman–Crippen LogP) is 3.15. The Bertz CT molecular complexity index is 1170. The molecule has 144 valence electrons. The first-order valence-electron chi connectivity index (χ1n) is 8.91. The van der Waals surface area contributed by atoms with Crippen LogP contribution in [0.1, 0.15) is 6.42 Å². The van der Waals surface area contributed by atoms with E-state index in [2.05, 4.69) is 10.2 Å². The summed E-state index contributed by atoms with van der Waals surface area (Å²) in [5.74, 6) is 3.00. The molecule has 0 N–H and O–H groups in total. The molecule has 0 aliphatic rings. The highest BCUT2D eigenvalue weighted by Crippen LogP contribution is 2.22. The van der Waals surface area contributed by atoms with Gasteiger partial charge in [-0.2, -0.15) is 0 Å². The first-order valence-corrected chi connectivity index (χ1v) is 9.90. The molecular weight excluding hydrogens is 376 g/mol. The highest BCUT2D eigenvalue weighted by atomic mass is 32.2. The highest BCUT2D eigenvalue weighted by molar-refractivity contribution is 7.99. The highest BCUT2D eigenvalue weighted by Gasteiger charge is 2.14. The molecule has 0 spiro atoms. The Morgan fingerprint density at radius 2 is 1.79 bits per heavy atom. The lowest BCUT2D eigenvalue weighted by molar-refractivity contribution is 0.318. The van der Waals surface area contributed by atoms with Gasteiger partial charge in [0.25, 0.3) is 5.56 Å². The van der Waals surface area contributed by atoms with Crippen LogP contribution in [0.25, 0.3) is 16.7 Å². The van der Waals surface area contributed by atoms with Crippen LogP contribution in [0, 0.1) is 0 Å². The average molecular weight is 396 g/mol. The number of thioether (sulfide) groups is 1. The molecule has 8 heteroatoms. The third kappa shape index (κ3) is 3.43. The van der Waals surface area contributed by atoms with Gasteiger partial charge in [0.05, 0.1) is 24.6 Å². The molecule has 7 nitrogen and oxygen atoms in total. The van der Waals surface area contributed by atoms with Crippen LogP contribution in [0.3, 0.4) is 0 Å². The van der Waals surface area contributed by atoms with E-state index < -0.39 is 0 Å². The van der Waals surface area contributed by atoms with Gasteiger partial charge in [-0.25, -0.2) is 0 Å². The third-order valence-corrected chi connectivity index (χ3v) is 5.46. The Morgan fingerprint density at radius 1 is 1.04 bits per heavy atom. The van der Waals surface area contributed by atoms with E-state index in [0.717, 1.165) is 34.3 Å². The normalized spacial score (nSPS) is 11.2. The molecule has 0 aliphatic carbocycles. The van der Waals surface area contributed by atoms with Crippen molar-refractivity contribution < 1.29 is 9.47 Å². The Hall–Kier alpha value is -3.00. The number of ether oxygens (including phenoxy) is 2. The van der Waals surface area contributed by atoms with Gasteiger partial charge in [0.2, 0.25) is 5.78 Å². The van der Waals surface area contributed by atoms with Crippen molar-refractivity contribution in [3.05, 3.63) is 58.9 Å². The third-order valence-electron chi connectivity index (χ3n) is 4.44. The monoisotopic (exact) mass is 396 g/mol. The van der Waals surface area contributed by atoms with Crippen LogP contribution in [0.15, 0.2) is 58.5 Å². The first-order chi connectivity index (χ1) is 13.7. The number of para-hydroxylation sites is 1. The topological polar surface area (TPSA) is 70.7 Å². The van der Waals surface area contributed by atoms with Crippen LogP contribution in [-0.4, -0.2) is 38.6 Å². The van der Waals surface area contributed by atoms with Gasteiger partial charge >= 0.3 is 0 Å². The van der Waals surface area contributed by atoms with Crippen LogP contribution >= 0.6 is 11.8 Å². The Kier molecular flexibility index (Phi) is 5.21. The fourth-order valence-corrected chi connectivity index (χ4v) is 3.84. The molecular formula is C20H20N4O3S. The zero-order chi connectivity index (χ0) is 19.5. The molecule has 2 aromatic carbocycles. The van der Waals surface area contributed by atoms with E-state index in [1.54, 1.807) is 25.9 Å². The maximum absolute atomic E-state index is 12.5. The van der Waals surface area contributed by atoms with Crippen molar-refractivity contribution in [3.63, 3.8) is 0 Å². The van der Waals surface area contributed by atoms with Gasteiger partial charge in [-0.3, -0.25) is 13.8 Å². The molecule has 0 unspecified atom stereocenters. The van der Waals surface area contributed by atoms with E-state index in [9.17, 15) is 4.79 Å². The molecule has 4 aromatic rings. The number of aryl methyl sites for hydroxylation is 1. The van der Waals surface area contributed by atoms with Crippen LogP contribution < -0.4 is 15.0 Å². The van der Waals surface area contributed by atoms with Crippen molar-refractivity contribution >= 4 is 28.4 Å². The van der Waals surface area contributed by atoms with Gasteiger partial charge in [0, 0.05) is 12.8 Å². The van der Waals surface area contributed by atoms with Gasteiger partial charge in [-0.1, -0.05) is 23.9 Å². The molecule has 2 aromatic heterocycles. The van der Waals surface area contributed by atoms with Gasteiger partial charge in [0.1, 0.15) is 11.5 Å². The molecule has 4 rings (SSSR count). The molecule has 0 amide bonds. The number of aromatic nitrogens is 4. The zero-order valence-electron chi connectivity index (χ0n) is 15.7. The van der Waals surface area contributed by atoms with E-state index in [1.807, 2.05) is 52.9 Å². The second-order valence-electron chi connectivity index (χ2n) is 6.23. The maximum Gasteiger partial charge on any atom is 0.262 e. The summed E-state index contributed by atoms with van der Waals surface area (Å²) in [6.07, 6.45) is 0.856. The molecule has 0 saturated heterocycles. The molecule has 0 fully saturated rings. The standard InChI is InChI=1S/C20H20N4O3S/c1-23-18(25)16-6-3-4-7-17(16)24-19(23)21-22-20(24)28-13-5-12-27-15-10-8-14(26-2)9-11-15/h3-4,6-11H,5,12-13H2,1-2H3. The first kappa shape index (κ1) is 18.4. The largest absolute Gasteiger partial charge is 0.497 e. The van der Waals surface area contributed by atoms with Crippen LogP contribution in [-0.2, 0) is 7.05 Å². The fourth-order valence-electron chi connectivity index (χ4n) is 2.99. The molecule has 0 atom stereocenters. The van der Waals surface area contributed by atoms with Crippen molar-refractivity contribution in [2.45, 2.75) is 11.6 Å². The van der Waals surface area contributed by atoms with Gasteiger partial charge < -0.3 is 9.47 Å². The van der Waals surface area contributed by atoms with Gasteiger partial charge in [0.15, 0.2) is 5.16 Å². The SMILES string of the molecule is COc1ccc(OCCCSc2nnc3n(C)c(=O)c4ccccc4n23)cc1. The lowest BCUT2D eigenvalue weighted by atomic mass is 10.2. The summed E-state index contributed by atoms with van der Waals surface area (Å²) < 4.78 is 14.4. The van der Waals surface area contributed by atoms with E-state index in [-0.39, 0.29) is 5.56 Å². The number of fused-ring (bicyclic) bond motifs is 3. The number of methoxy groups -OCH3 is 1. The predicted molar refractivity (Wildman–Crippen MR) is 110 cm³/mol. The van der Waals surface area contributed by atoms with Crippen molar-refractivity contribution in [1.29, 1.82) is 0 Å². The molecule has 0 saturated carbocycles. The van der Waals surface area contributed by atoms with Crippen molar-refractivity contribution in [2.24, 2.45) is 7.05 Å². The summed E-state index contributed by atoms with van der Waals surface area (Å²) in [6.45, 7) is 0.606. The van der Waals surface area contributed by atoms with Crippen molar-refractivity contribution in [3.8, 4) is 11.5 Å². The van der Waals surface area contributed by atoms with Crippen LogP contribution in [0.2, 0.25) is 0 Å². The lowest BCUT2D eigenvalue weighted by Gasteiger charge is -2.08. The summed E-state index contributed by atoms with van der Waals surface area (Å²) in [4.78, 5) is 12.5. The van der Waals surface area contributed by atoms with Gasteiger partial charge in [-0.05, 0) is 42.8 Å². The summed E-state index contributed by atoms with van der Waals surface area (Å²) in [6, 6.07) is 15.1. The van der Waals surface area contributed by atoms with Crippen LogP contribution in [0.4, 0.5) is 0 Å². The second kappa shape index (κ2) is 7.93. The lowest BCUT2D eigenvalue weighted by Crippen LogP contribution is -2.20. The van der Waals surface area contributed by atoms with Gasteiger partial charge in [-0.15, -0.1) is 10.2 Å². The smallest absolute Gasteiger partial charge is 0.262 e. The minimum atomic E-state index is -0.0695. The molecule has 0 aliphatic heterocycles. The van der Waals surface area contributed by atoms with E-state index >= 15 is 0 Å². The van der Waals surface area contributed by atoms with Crippen LogP contribution in [0.5, 0.6) is 11.5 Å². The number of rotatable bonds is 7. The van der Waals surface area contributed by atoms with Crippen molar-refractivity contribution in [2.75, 3.05) is 19.5 Å². The number of nitrogens with zero attached hydrogens (tertiary/aromatic N) is 4. The Labute approximate surface area is 165 Å². The van der Waals surface area contributed by atoms with E-state index in [1.165, 1.54) is 4.57 Å². The summed E-state index contributed by atoms with van der Waals surface area (Å²) >= 11 is 1.60.